The molecule has 31 heavy (non-hydrogen) atoms. The van der Waals surface area contributed by atoms with E-state index in [0.717, 1.165) is 67.1 Å². The highest BCUT2D eigenvalue weighted by atomic mass is 32.1. The first-order valence-electron chi connectivity index (χ1n) is 11.3. The molecule has 8 heteroatoms. The van der Waals surface area contributed by atoms with Gasteiger partial charge in [0.1, 0.15) is 10.8 Å². The van der Waals surface area contributed by atoms with Crippen LogP contribution in [0.2, 0.25) is 0 Å². The maximum atomic E-state index is 12.9. The Kier molecular flexibility index (Phi) is 5.91. The number of hydrogen-bond donors (Lipinski definition) is 3. The van der Waals surface area contributed by atoms with Crippen molar-refractivity contribution in [2.45, 2.75) is 44.6 Å². The van der Waals surface area contributed by atoms with Crippen molar-refractivity contribution >= 4 is 29.1 Å². The molecule has 0 spiro atoms. The molecule has 1 saturated heterocycles. The maximum Gasteiger partial charge on any atom is 0.320 e. The third kappa shape index (κ3) is 4.60. The average molecular weight is 440 g/mol. The first-order valence-corrected chi connectivity index (χ1v) is 12.2. The zero-order valence-electron chi connectivity index (χ0n) is 17.7. The Morgan fingerprint density at radius 1 is 1.26 bits per heavy atom. The van der Waals surface area contributed by atoms with Gasteiger partial charge in [-0.25, -0.2) is 9.78 Å². The molecule has 0 bridgehead atoms. The van der Waals surface area contributed by atoms with Crippen molar-refractivity contribution < 1.29 is 9.59 Å². The number of urea groups is 1. The molecule has 3 N–H and O–H groups in total. The number of nitrogens with zero attached hydrogens (tertiary/aromatic N) is 2. The number of carbonyl (C=O) groups excluding carboxylic acids is 2. The molecule has 164 valence electrons. The van der Waals surface area contributed by atoms with Crippen LogP contribution in [0.15, 0.2) is 23.6 Å². The highest BCUT2D eigenvalue weighted by Gasteiger charge is 2.28. The molecule has 5 rings (SSSR count). The molecule has 0 unspecified atom stereocenters. The summed E-state index contributed by atoms with van der Waals surface area (Å²) >= 11 is 1.50. The van der Waals surface area contributed by atoms with Gasteiger partial charge in [-0.15, -0.1) is 11.3 Å². The Labute approximate surface area is 186 Å². The molecule has 1 aromatic carbocycles. The molecule has 7 nitrogen and oxygen atoms in total. The molecular weight excluding hydrogens is 410 g/mol. The number of anilines is 1. The van der Waals surface area contributed by atoms with Gasteiger partial charge < -0.3 is 15.5 Å². The molecule has 1 aromatic heterocycles. The van der Waals surface area contributed by atoms with Crippen LogP contribution in [0.4, 0.5) is 10.6 Å². The van der Waals surface area contributed by atoms with Crippen LogP contribution >= 0.6 is 11.3 Å². The number of piperidine rings is 1. The van der Waals surface area contributed by atoms with E-state index in [1.807, 2.05) is 22.4 Å². The Hall–Kier alpha value is -2.45. The fraction of sp³-hybridized carbons (Fsp3) is 0.522. The minimum absolute atomic E-state index is 0.161. The molecule has 1 atom stereocenters. The molecule has 1 aliphatic carbocycles. The van der Waals surface area contributed by atoms with Crippen LogP contribution in [0.3, 0.4) is 0 Å². The summed E-state index contributed by atoms with van der Waals surface area (Å²) in [6, 6.07) is 5.95. The van der Waals surface area contributed by atoms with E-state index < -0.39 is 0 Å². The lowest BCUT2D eigenvalue weighted by atomic mass is 9.84. The number of thiazole rings is 1. The fourth-order valence-corrected chi connectivity index (χ4v) is 5.36. The van der Waals surface area contributed by atoms with Gasteiger partial charge in [0.25, 0.3) is 5.91 Å². The smallest absolute Gasteiger partial charge is 0.320 e. The second kappa shape index (κ2) is 8.96. The Bertz CT molecular complexity index is 965. The van der Waals surface area contributed by atoms with Crippen LogP contribution < -0.4 is 16.0 Å². The van der Waals surface area contributed by atoms with Gasteiger partial charge in [0.05, 0.1) is 0 Å². The van der Waals surface area contributed by atoms with E-state index in [1.54, 1.807) is 0 Å². The van der Waals surface area contributed by atoms with Crippen molar-refractivity contribution in [1.82, 2.24) is 20.5 Å². The number of carbonyl (C=O) groups is 2. The largest absolute Gasteiger partial charge is 0.338 e. The predicted molar refractivity (Wildman–Crippen MR) is 123 cm³/mol. The molecular formula is C23H29N5O2S. The second-order valence-electron chi connectivity index (χ2n) is 8.85. The van der Waals surface area contributed by atoms with E-state index in [1.165, 1.54) is 30.6 Å². The van der Waals surface area contributed by atoms with E-state index in [4.69, 9.17) is 0 Å². The minimum atomic E-state index is -0.215. The number of amides is 3. The van der Waals surface area contributed by atoms with E-state index in [-0.39, 0.29) is 18.0 Å². The van der Waals surface area contributed by atoms with Crippen LogP contribution in [0.25, 0.3) is 10.6 Å². The van der Waals surface area contributed by atoms with E-state index in [0.29, 0.717) is 11.7 Å². The number of fused-ring (bicyclic) bond motifs is 1. The average Bonchev–Trinajstić information content (AvgIpc) is 3.21. The summed E-state index contributed by atoms with van der Waals surface area (Å²) in [4.78, 5) is 31.8. The quantitative estimate of drug-likeness (QED) is 0.666. The van der Waals surface area contributed by atoms with Gasteiger partial charge in [0.2, 0.25) is 0 Å². The summed E-state index contributed by atoms with van der Waals surface area (Å²) < 4.78 is 0. The van der Waals surface area contributed by atoms with Crippen LogP contribution in [-0.2, 0) is 6.42 Å². The first-order chi connectivity index (χ1) is 15.2. The maximum absolute atomic E-state index is 12.9. The highest BCUT2D eigenvalue weighted by Crippen LogP contribution is 2.32. The SMILES string of the molecule is O=C(Nc1csc(-c2ccc3c(c2)CCN(CC2CCC2)C3=O)n1)N[C@H]1CCCNC1. The number of rotatable bonds is 5. The standard InChI is InChI=1S/C23H29N5O2S/c29-22-19-7-6-17(11-16(19)8-10-28(22)13-15-3-1-4-15)21-26-20(14-31-21)27-23(30)25-18-5-2-9-24-12-18/h6-7,11,14-15,18,24H,1-5,8-10,12-13H2,(H2,25,27,30)/t18-/m0/s1. The van der Waals surface area contributed by atoms with E-state index in [2.05, 4.69) is 27.0 Å². The van der Waals surface area contributed by atoms with Crippen molar-refractivity contribution in [1.29, 1.82) is 0 Å². The van der Waals surface area contributed by atoms with E-state index >= 15 is 0 Å². The Morgan fingerprint density at radius 2 is 2.16 bits per heavy atom. The van der Waals surface area contributed by atoms with Gasteiger partial charge in [0, 0.05) is 42.2 Å². The molecule has 2 aromatic rings. The number of hydrogen-bond acceptors (Lipinski definition) is 5. The summed E-state index contributed by atoms with van der Waals surface area (Å²) in [6.07, 6.45) is 6.77. The second-order valence-corrected chi connectivity index (χ2v) is 9.71. The molecule has 3 aliphatic rings. The van der Waals surface area contributed by atoms with Crippen LogP contribution in [0.5, 0.6) is 0 Å². The fourth-order valence-electron chi connectivity index (χ4n) is 4.61. The van der Waals surface area contributed by atoms with Gasteiger partial charge in [0.15, 0.2) is 0 Å². The molecule has 0 radical (unpaired) electrons. The predicted octanol–water partition coefficient (Wildman–Crippen LogP) is 3.48. The Balaban J connectivity index is 1.23. The molecule has 2 fully saturated rings. The molecule has 3 heterocycles. The zero-order valence-corrected chi connectivity index (χ0v) is 18.5. The third-order valence-electron chi connectivity index (χ3n) is 6.60. The van der Waals surface area contributed by atoms with Gasteiger partial charge in [-0.3, -0.25) is 10.1 Å². The van der Waals surface area contributed by atoms with Crippen LogP contribution in [0.1, 0.15) is 48.0 Å². The topological polar surface area (TPSA) is 86.4 Å². The van der Waals surface area contributed by atoms with E-state index in [9.17, 15) is 9.59 Å². The third-order valence-corrected chi connectivity index (χ3v) is 7.49. The van der Waals surface area contributed by atoms with Gasteiger partial charge in [-0.1, -0.05) is 12.5 Å². The lowest BCUT2D eigenvalue weighted by Gasteiger charge is -2.35. The summed E-state index contributed by atoms with van der Waals surface area (Å²) in [5.41, 5.74) is 2.92. The van der Waals surface area contributed by atoms with Crippen molar-refractivity contribution in [3.05, 3.63) is 34.7 Å². The van der Waals surface area contributed by atoms with Crippen molar-refractivity contribution in [3.63, 3.8) is 0 Å². The zero-order chi connectivity index (χ0) is 21.2. The van der Waals surface area contributed by atoms with Crippen LogP contribution in [-0.4, -0.2) is 54.0 Å². The van der Waals surface area contributed by atoms with Gasteiger partial charge in [-0.05, 0) is 62.3 Å². The monoisotopic (exact) mass is 439 g/mol. The highest BCUT2D eigenvalue weighted by molar-refractivity contribution is 7.13. The lowest BCUT2D eigenvalue weighted by Crippen LogP contribution is -2.47. The lowest BCUT2D eigenvalue weighted by molar-refractivity contribution is 0.0678. The van der Waals surface area contributed by atoms with Crippen LogP contribution in [0, 0.1) is 5.92 Å². The number of aromatic nitrogens is 1. The van der Waals surface area contributed by atoms with Gasteiger partial charge in [-0.2, -0.15) is 0 Å². The van der Waals surface area contributed by atoms with Crippen molar-refractivity contribution in [2.75, 3.05) is 31.5 Å². The number of benzene rings is 1. The van der Waals surface area contributed by atoms with Crippen molar-refractivity contribution in [2.24, 2.45) is 5.92 Å². The molecule has 2 aliphatic heterocycles. The number of nitrogens with one attached hydrogen (secondary N) is 3. The summed E-state index contributed by atoms with van der Waals surface area (Å²) in [5, 5.41) is 11.8. The normalized spacial score (nSPS) is 21.4. The molecule has 3 amide bonds. The van der Waals surface area contributed by atoms with Gasteiger partial charge >= 0.3 is 6.03 Å². The van der Waals surface area contributed by atoms with Crippen molar-refractivity contribution in [3.8, 4) is 10.6 Å². The summed E-state index contributed by atoms with van der Waals surface area (Å²) in [7, 11) is 0. The summed E-state index contributed by atoms with van der Waals surface area (Å²) in [6.45, 7) is 3.52. The molecule has 1 saturated carbocycles. The Morgan fingerprint density at radius 3 is 2.94 bits per heavy atom. The minimum Gasteiger partial charge on any atom is -0.338 e. The first kappa shape index (κ1) is 20.5. The summed E-state index contributed by atoms with van der Waals surface area (Å²) in [5.74, 6) is 1.41.